The summed E-state index contributed by atoms with van der Waals surface area (Å²) < 4.78 is 6.87. The quantitative estimate of drug-likeness (QED) is 0.249. The smallest absolute Gasteiger partial charge is 0.323 e. The SMILES string of the molecule is Cc1ccc(CSc2[nH+]nc(SCC(=O)NN=Cc3ccccc3OCC(=O)[O-])s2)cc1. The molecule has 32 heavy (non-hydrogen) atoms. The van der Waals surface area contributed by atoms with Crippen molar-refractivity contribution in [1.29, 1.82) is 0 Å². The average molecular weight is 489 g/mol. The second kappa shape index (κ2) is 12.2. The van der Waals surface area contributed by atoms with Gasteiger partial charge in [-0.05, 0) is 47.7 Å². The highest BCUT2D eigenvalue weighted by Gasteiger charge is 2.13. The molecule has 0 saturated carbocycles. The molecule has 0 atom stereocenters. The summed E-state index contributed by atoms with van der Waals surface area (Å²) in [7, 11) is 0. The number of amides is 1. The summed E-state index contributed by atoms with van der Waals surface area (Å²) in [6.07, 6.45) is 1.39. The molecule has 166 valence electrons. The first-order valence-corrected chi connectivity index (χ1v) is 12.2. The Balaban J connectivity index is 1.42. The van der Waals surface area contributed by atoms with Crippen molar-refractivity contribution < 1.29 is 24.5 Å². The number of carbonyl (C=O) groups excluding carboxylic acids is 2. The molecule has 1 amide bonds. The van der Waals surface area contributed by atoms with E-state index in [4.69, 9.17) is 4.74 Å². The number of aromatic amines is 1. The molecule has 11 heteroatoms. The van der Waals surface area contributed by atoms with E-state index in [9.17, 15) is 14.7 Å². The molecule has 2 N–H and O–H groups in total. The number of aliphatic carboxylic acids is 1. The van der Waals surface area contributed by atoms with E-state index in [-0.39, 0.29) is 11.7 Å². The van der Waals surface area contributed by atoms with E-state index in [1.165, 1.54) is 40.4 Å². The van der Waals surface area contributed by atoms with Gasteiger partial charge in [-0.2, -0.15) is 5.10 Å². The van der Waals surface area contributed by atoms with Gasteiger partial charge < -0.3 is 14.6 Å². The van der Waals surface area contributed by atoms with Crippen LogP contribution in [-0.4, -0.2) is 35.5 Å². The fraction of sp³-hybridized carbons (Fsp3) is 0.190. The third-order valence-corrected chi connectivity index (χ3v) is 7.22. The lowest BCUT2D eigenvalue weighted by Crippen LogP contribution is -2.29. The van der Waals surface area contributed by atoms with E-state index in [1.54, 1.807) is 36.0 Å². The van der Waals surface area contributed by atoms with Gasteiger partial charge in [-0.15, -0.1) is 0 Å². The Morgan fingerprint density at radius 1 is 1.22 bits per heavy atom. The number of rotatable bonds is 11. The number of benzene rings is 2. The molecule has 0 fully saturated rings. The second-order valence-corrected chi connectivity index (χ2v) is 9.90. The molecule has 0 bridgehead atoms. The molecule has 0 radical (unpaired) electrons. The molecular weight excluding hydrogens is 468 g/mol. The lowest BCUT2D eigenvalue weighted by molar-refractivity contribution is -0.492. The van der Waals surface area contributed by atoms with Gasteiger partial charge in [-0.25, -0.2) is 5.43 Å². The normalized spacial score (nSPS) is 10.9. The van der Waals surface area contributed by atoms with Crippen molar-refractivity contribution in [3.8, 4) is 5.75 Å². The number of thioether (sulfide) groups is 2. The van der Waals surface area contributed by atoms with Crippen molar-refractivity contribution in [2.24, 2.45) is 5.10 Å². The van der Waals surface area contributed by atoms with Crippen LogP contribution in [0.3, 0.4) is 0 Å². The number of ether oxygens (including phenoxy) is 1. The van der Waals surface area contributed by atoms with Gasteiger partial charge in [0, 0.05) is 16.4 Å². The summed E-state index contributed by atoms with van der Waals surface area (Å²) >= 11 is 4.48. The minimum Gasteiger partial charge on any atom is -0.546 e. The van der Waals surface area contributed by atoms with Crippen LogP contribution in [0.1, 0.15) is 16.7 Å². The number of carboxylic acid groups (broad SMARTS) is 1. The van der Waals surface area contributed by atoms with Crippen molar-refractivity contribution in [3.63, 3.8) is 0 Å². The van der Waals surface area contributed by atoms with Gasteiger partial charge >= 0.3 is 4.34 Å². The zero-order valence-electron chi connectivity index (χ0n) is 17.1. The molecule has 1 heterocycles. The lowest BCUT2D eigenvalue weighted by atomic mass is 10.2. The Kier molecular flexibility index (Phi) is 9.08. The van der Waals surface area contributed by atoms with Crippen LogP contribution in [-0.2, 0) is 15.3 Å². The lowest BCUT2D eigenvalue weighted by Gasteiger charge is -2.08. The van der Waals surface area contributed by atoms with Gasteiger partial charge in [-0.1, -0.05) is 58.8 Å². The predicted octanol–water partition coefficient (Wildman–Crippen LogP) is 1.93. The number of hydrogen-bond donors (Lipinski definition) is 1. The van der Waals surface area contributed by atoms with Gasteiger partial charge in [0.2, 0.25) is 4.34 Å². The van der Waals surface area contributed by atoms with E-state index in [1.807, 2.05) is 0 Å². The van der Waals surface area contributed by atoms with E-state index >= 15 is 0 Å². The zero-order valence-corrected chi connectivity index (χ0v) is 19.5. The van der Waals surface area contributed by atoms with E-state index < -0.39 is 12.6 Å². The van der Waals surface area contributed by atoms with Crippen molar-refractivity contribution in [2.45, 2.75) is 21.4 Å². The van der Waals surface area contributed by atoms with Gasteiger partial charge in [0.1, 0.15) is 12.4 Å². The van der Waals surface area contributed by atoms with Crippen LogP contribution in [0.5, 0.6) is 5.75 Å². The zero-order chi connectivity index (χ0) is 22.8. The Morgan fingerprint density at radius 3 is 2.78 bits per heavy atom. The van der Waals surface area contributed by atoms with Crippen molar-refractivity contribution in [1.82, 2.24) is 10.5 Å². The summed E-state index contributed by atoms with van der Waals surface area (Å²) in [6, 6.07) is 15.1. The molecule has 0 aliphatic rings. The predicted molar refractivity (Wildman–Crippen MR) is 123 cm³/mol. The maximum Gasteiger partial charge on any atom is 0.323 e. The Hall–Kier alpha value is -2.89. The number of H-pyrrole nitrogens is 1. The van der Waals surface area contributed by atoms with Crippen LogP contribution in [0.4, 0.5) is 0 Å². The summed E-state index contributed by atoms with van der Waals surface area (Å²) in [5.41, 5.74) is 5.44. The average Bonchev–Trinajstić information content (AvgIpc) is 3.24. The Bertz CT molecular complexity index is 1090. The summed E-state index contributed by atoms with van der Waals surface area (Å²) in [6.45, 7) is 1.50. The number of carboxylic acids is 1. The first kappa shape index (κ1) is 23.8. The maximum atomic E-state index is 12.1. The molecule has 3 rings (SSSR count). The molecule has 0 saturated heterocycles. The number of nitrogens with zero attached hydrogens (tertiary/aromatic N) is 2. The van der Waals surface area contributed by atoms with Crippen LogP contribution < -0.4 is 20.4 Å². The van der Waals surface area contributed by atoms with Crippen molar-refractivity contribution >= 4 is 53.0 Å². The number of aryl methyl sites for hydroxylation is 1. The highest BCUT2D eigenvalue weighted by atomic mass is 32.2. The molecule has 8 nitrogen and oxygen atoms in total. The van der Waals surface area contributed by atoms with E-state index in [0.29, 0.717) is 11.3 Å². The van der Waals surface area contributed by atoms with Crippen LogP contribution >= 0.6 is 34.9 Å². The van der Waals surface area contributed by atoms with Gasteiger partial charge in [0.15, 0.2) is 0 Å². The summed E-state index contributed by atoms with van der Waals surface area (Å²) in [4.78, 5) is 22.6. The standard InChI is InChI=1S/C21H20N4O4S3/c1-14-6-8-15(9-7-14)12-30-20-24-25-21(32-20)31-13-18(26)23-22-10-16-4-2-3-5-17(16)29-11-19(27)28/h2-10H,11-13H2,1H3,(H,23,26)(H,27,28). The van der Waals surface area contributed by atoms with Crippen LogP contribution in [0.25, 0.3) is 0 Å². The summed E-state index contributed by atoms with van der Waals surface area (Å²) in [5.74, 6) is -0.282. The number of aromatic nitrogens is 2. The Morgan fingerprint density at radius 2 is 2.00 bits per heavy atom. The highest BCUT2D eigenvalue weighted by molar-refractivity contribution is 8.03. The Labute approximate surface area is 197 Å². The van der Waals surface area contributed by atoms with Gasteiger partial charge in [0.05, 0.1) is 17.9 Å². The minimum absolute atomic E-state index is 0.156. The molecule has 0 aliphatic carbocycles. The molecular formula is C21H20N4O4S3. The molecule has 3 aromatic rings. The van der Waals surface area contributed by atoms with Crippen molar-refractivity contribution in [2.75, 3.05) is 12.4 Å². The third kappa shape index (κ3) is 7.98. The van der Waals surface area contributed by atoms with Crippen LogP contribution in [0.15, 0.2) is 62.3 Å². The monoisotopic (exact) mass is 488 g/mol. The van der Waals surface area contributed by atoms with Crippen LogP contribution in [0.2, 0.25) is 0 Å². The topological polar surface area (TPSA) is 118 Å². The molecule has 2 aromatic carbocycles. The largest absolute Gasteiger partial charge is 0.546 e. The number of para-hydroxylation sites is 1. The van der Waals surface area contributed by atoms with Gasteiger partial charge in [0.25, 0.3) is 5.91 Å². The summed E-state index contributed by atoms with van der Waals surface area (Å²) in [5, 5.41) is 21.7. The minimum atomic E-state index is -1.32. The maximum absolute atomic E-state index is 12.1. The number of hydrogen-bond acceptors (Lipinski definition) is 9. The fourth-order valence-corrected chi connectivity index (χ4v) is 5.20. The number of carbonyl (C=O) groups is 2. The molecule has 0 spiro atoms. The molecule has 0 aliphatic heterocycles. The van der Waals surface area contributed by atoms with Crippen LogP contribution in [0, 0.1) is 6.92 Å². The van der Waals surface area contributed by atoms with E-state index in [2.05, 4.69) is 51.9 Å². The fourth-order valence-electron chi connectivity index (χ4n) is 2.36. The van der Waals surface area contributed by atoms with Crippen molar-refractivity contribution in [3.05, 3.63) is 65.2 Å². The number of nitrogens with one attached hydrogen (secondary N) is 2. The molecule has 1 aromatic heterocycles. The highest BCUT2D eigenvalue weighted by Crippen LogP contribution is 2.28. The van der Waals surface area contributed by atoms with Gasteiger partial charge in [-0.3, -0.25) is 4.79 Å². The third-order valence-electron chi connectivity index (χ3n) is 3.89. The molecule has 0 unspecified atom stereocenters. The first-order valence-electron chi connectivity index (χ1n) is 9.43. The second-order valence-electron chi connectivity index (χ2n) is 6.43. The van der Waals surface area contributed by atoms with E-state index in [0.717, 1.165) is 14.4 Å². The first-order chi connectivity index (χ1) is 15.5. The number of hydrazone groups is 1.